The molecule has 0 heterocycles. The zero-order valence-corrected chi connectivity index (χ0v) is 12.9. The maximum atomic E-state index is 11.6. The maximum Gasteiger partial charge on any atom is 0.220 e. The summed E-state index contributed by atoms with van der Waals surface area (Å²) in [4.78, 5) is 11.6. The van der Waals surface area contributed by atoms with Crippen molar-refractivity contribution in [1.29, 1.82) is 0 Å². The number of rotatable bonds is 8. The Morgan fingerprint density at radius 1 is 1.45 bits per heavy atom. The summed E-state index contributed by atoms with van der Waals surface area (Å²) in [5.41, 5.74) is 0.894. The minimum Gasteiger partial charge on any atom is -0.391 e. The Bertz CT molecular complexity index is 440. The average molecular weight is 320 g/mol. The van der Waals surface area contributed by atoms with Crippen molar-refractivity contribution in [2.24, 2.45) is 0 Å². The lowest BCUT2D eigenvalue weighted by molar-refractivity contribution is -0.121. The van der Waals surface area contributed by atoms with Gasteiger partial charge in [0.2, 0.25) is 5.91 Å². The van der Waals surface area contributed by atoms with Gasteiger partial charge in [0.05, 0.1) is 12.7 Å². The standard InChI is InChI=1S/C14H19Cl2NO3/c1-20-9-12(18)6-7-17-14(19)5-3-10-2-4-11(15)8-13(10)16/h2,4,8,12,18H,3,5-7,9H2,1H3,(H,17,19). The molecule has 0 radical (unpaired) electrons. The molecule has 1 atom stereocenters. The monoisotopic (exact) mass is 319 g/mol. The van der Waals surface area contributed by atoms with E-state index >= 15 is 0 Å². The summed E-state index contributed by atoms with van der Waals surface area (Å²) in [5, 5.41) is 13.3. The first kappa shape index (κ1) is 17.2. The zero-order valence-electron chi connectivity index (χ0n) is 11.4. The molecule has 0 aromatic heterocycles. The topological polar surface area (TPSA) is 58.6 Å². The number of hydrogen-bond donors (Lipinski definition) is 2. The summed E-state index contributed by atoms with van der Waals surface area (Å²) < 4.78 is 4.80. The largest absolute Gasteiger partial charge is 0.391 e. The molecule has 0 aliphatic carbocycles. The third-order valence-corrected chi connectivity index (χ3v) is 3.38. The molecule has 0 aliphatic rings. The Labute approximate surface area is 129 Å². The van der Waals surface area contributed by atoms with E-state index < -0.39 is 6.10 Å². The van der Waals surface area contributed by atoms with Gasteiger partial charge in [-0.2, -0.15) is 0 Å². The van der Waals surface area contributed by atoms with Gasteiger partial charge in [-0.25, -0.2) is 0 Å². The van der Waals surface area contributed by atoms with Crippen LogP contribution in [0.2, 0.25) is 10.0 Å². The molecule has 1 aromatic rings. The van der Waals surface area contributed by atoms with Crippen LogP contribution >= 0.6 is 23.2 Å². The number of carbonyl (C=O) groups is 1. The molecule has 0 fully saturated rings. The van der Waals surface area contributed by atoms with Crippen LogP contribution in [-0.4, -0.2) is 37.4 Å². The first-order chi connectivity index (χ1) is 9.52. The number of methoxy groups -OCH3 is 1. The van der Waals surface area contributed by atoms with Gasteiger partial charge in [-0.05, 0) is 30.5 Å². The van der Waals surface area contributed by atoms with Gasteiger partial charge in [0.1, 0.15) is 0 Å². The minimum atomic E-state index is -0.550. The molecule has 0 spiro atoms. The number of hydrogen-bond acceptors (Lipinski definition) is 3. The van der Waals surface area contributed by atoms with Gasteiger partial charge in [-0.3, -0.25) is 4.79 Å². The first-order valence-electron chi connectivity index (χ1n) is 6.40. The fraction of sp³-hybridized carbons (Fsp3) is 0.500. The minimum absolute atomic E-state index is 0.0689. The van der Waals surface area contributed by atoms with Crippen molar-refractivity contribution >= 4 is 29.1 Å². The predicted octanol–water partition coefficient (Wildman–Crippen LogP) is 2.44. The molecule has 1 amide bonds. The number of benzene rings is 1. The normalized spacial score (nSPS) is 12.2. The number of nitrogens with one attached hydrogen (secondary N) is 1. The molecular formula is C14H19Cl2NO3. The molecule has 2 N–H and O–H groups in total. The van der Waals surface area contributed by atoms with E-state index in [2.05, 4.69) is 5.32 Å². The van der Waals surface area contributed by atoms with Crippen LogP contribution in [0, 0.1) is 0 Å². The Morgan fingerprint density at radius 2 is 2.20 bits per heavy atom. The fourth-order valence-electron chi connectivity index (χ4n) is 1.71. The van der Waals surface area contributed by atoms with Crippen LogP contribution in [0.25, 0.3) is 0 Å². The third-order valence-electron chi connectivity index (χ3n) is 2.80. The van der Waals surface area contributed by atoms with Crippen LogP contribution in [0.15, 0.2) is 18.2 Å². The highest BCUT2D eigenvalue weighted by molar-refractivity contribution is 6.35. The molecule has 0 aliphatic heterocycles. The Kier molecular flexibility index (Phi) is 7.92. The lowest BCUT2D eigenvalue weighted by atomic mass is 10.1. The molecule has 6 heteroatoms. The Morgan fingerprint density at radius 3 is 2.85 bits per heavy atom. The van der Waals surface area contributed by atoms with Crippen molar-refractivity contribution in [2.75, 3.05) is 20.3 Å². The second-order valence-electron chi connectivity index (χ2n) is 4.48. The van der Waals surface area contributed by atoms with Gasteiger partial charge in [-0.1, -0.05) is 29.3 Å². The first-order valence-corrected chi connectivity index (χ1v) is 7.16. The van der Waals surface area contributed by atoms with E-state index in [4.69, 9.17) is 27.9 Å². The van der Waals surface area contributed by atoms with Crippen LogP contribution in [0.4, 0.5) is 0 Å². The Balaban J connectivity index is 2.26. The number of aryl methyl sites for hydroxylation is 1. The molecule has 4 nitrogen and oxygen atoms in total. The van der Waals surface area contributed by atoms with Crippen molar-refractivity contribution in [3.63, 3.8) is 0 Å². The van der Waals surface area contributed by atoms with E-state index in [1.165, 1.54) is 7.11 Å². The lowest BCUT2D eigenvalue weighted by Crippen LogP contribution is -2.28. The molecule has 0 saturated heterocycles. The molecular weight excluding hydrogens is 301 g/mol. The SMILES string of the molecule is COCC(O)CCNC(=O)CCc1ccc(Cl)cc1Cl. The summed E-state index contributed by atoms with van der Waals surface area (Å²) >= 11 is 11.8. The summed E-state index contributed by atoms with van der Waals surface area (Å²) in [7, 11) is 1.53. The van der Waals surface area contributed by atoms with Crippen molar-refractivity contribution in [1.82, 2.24) is 5.32 Å². The molecule has 0 saturated carbocycles. The van der Waals surface area contributed by atoms with E-state index in [1.807, 2.05) is 6.07 Å². The molecule has 1 unspecified atom stereocenters. The van der Waals surface area contributed by atoms with Crippen molar-refractivity contribution < 1.29 is 14.6 Å². The molecule has 0 bridgehead atoms. The smallest absolute Gasteiger partial charge is 0.220 e. The zero-order chi connectivity index (χ0) is 15.0. The highest BCUT2D eigenvalue weighted by Gasteiger charge is 2.07. The number of aliphatic hydroxyl groups excluding tert-OH is 1. The summed E-state index contributed by atoms with van der Waals surface area (Å²) in [6.45, 7) is 0.702. The van der Waals surface area contributed by atoms with Gasteiger partial charge in [-0.15, -0.1) is 0 Å². The van der Waals surface area contributed by atoms with Gasteiger partial charge in [0, 0.05) is 30.1 Å². The third kappa shape index (κ3) is 6.57. The van der Waals surface area contributed by atoms with Gasteiger partial charge >= 0.3 is 0 Å². The number of amides is 1. The highest BCUT2D eigenvalue weighted by Crippen LogP contribution is 2.21. The summed E-state index contributed by atoms with van der Waals surface area (Å²) in [6, 6.07) is 5.24. The highest BCUT2D eigenvalue weighted by atomic mass is 35.5. The molecule has 1 rings (SSSR count). The van der Waals surface area contributed by atoms with Crippen molar-refractivity contribution in [3.8, 4) is 0 Å². The fourth-order valence-corrected chi connectivity index (χ4v) is 2.22. The van der Waals surface area contributed by atoms with Gasteiger partial charge < -0.3 is 15.2 Å². The second-order valence-corrected chi connectivity index (χ2v) is 5.33. The van der Waals surface area contributed by atoms with Crippen molar-refractivity contribution in [3.05, 3.63) is 33.8 Å². The van der Waals surface area contributed by atoms with E-state index in [9.17, 15) is 9.90 Å². The van der Waals surface area contributed by atoms with Crippen LogP contribution in [0.3, 0.4) is 0 Å². The van der Waals surface area contributed by atoms with Crippen LogP contribution < -0.4 is 5.32 Å². The average Bonchev–Trinajstić information content (AvgIpc) is 2.38. The summed E-state index contributed by atoms with van der Waals surface area (Å²) in [6.07, 6.45) is 0.830. The van der Waals surface area contributed by atoms with Gasteiger partial charge in [0.25, 0.3) is 0 Å². The van der Waals surface area contributed by atoms with Crippen LogP contribution in [-0.2, 0) is 16.0 Å². The van der Waals surface area contributed by atoms with E-state index in [0.717, 1.165) is 5.56 Å². The molecule has 112 valence electrons. The van der Waals surface area contributed by atoms with Crippen LogP contribution in [0.1, 0.15) is 18.4 Å². The number of aliphatic hydroxyl groups is 1. The molecule has 20 heavy (non-hydrogen) atoms. The molecule has 1 aromatic carbocycles. The van der Waals surface area contributed by atoms with Crippen molar-refractivity contribution in [2.45, 2.75) is 25.4 Å². The van der Waals surface area contributed by atoms with Crippen LogP contribution in [0.5, 0.6) is 0 Å². The number of carbonyl (C=O) groups excluding carboxylic acids is 1. The predicted molar refractivity (Wildman–Crippen MR) is 80.3 cm³/mol. The summed E-state index contributed by atoms with van der Waals surface area (Å²) in [5.74, 6) is -0.0689. The lowest BCUT2D eigenvalue weighted by Gasteiger charge is -2.10. The second kappa shape index (κ2) is 9.19. The Hall–Kier alpha value is -0.810. The quantitative estimate of drug-likeness (QED) is 0.773. The van der Waals surface area contributed by atoms with Gasteiger partial charge in [0.15, 0.2) is 0 Å². The number of halogens is 2. The van der Waals surface area contributed by atoms with E-state index in [-0.39, 0.29) is 12.5 Å². The maximum absolute atomic E-state index is 11.6. The number of ether oxygens (including phenoxy) is 1. The van der Waals surface area contributed by atoms with E-state index in [0.29, 0.717) is 35.9 Å². The van der Waals surface area contributed by atoms with E-state index in [1.54, 1.807) is 12.1 Å².